The minimum Gasteiger partial charge on any atom is -0.478 e. The highest BCUT2D eigenvalue weighted by Crippen LogP contribution is 2.44. The maximum Gasteiger partial charge on any atom is 0.407 e. The van der Waals surface area contributed by atoms with Crippen molar-refractivity contribution in [1.29, 1.82) is 0 Å². The van der Waals surface area contributed by atoms with E-state index in [4.69, 9.17) is 9.84 Å². The van der Waals surface area contributed by atoms with Gasteiger partial charge in [-0.3, -0.25) is 4.79 Å². The molecule has 32 heavy (non-hydrogen) atoms. The predicted octanol–water partition coefficient (Wildman–Crippen LogP) is 3.70. The van der Waals surface area contributed by atoms with Crippen LogP contribution in [0.25, 0.3) is 11.1 Å². The summed E-state index contributed by atoms with van der Waals surface area (Å²) in [4.78, 5) is 35.0. The number of hydrogen-bond donors (Lipinski definition) is 3. The Morgan fingerprint density at radius 1 is 1.03 bits per heavy atom. The molecule has 2 amide bonds. The van der Waals surface area contributed by atoms with Crippen LogP contribution in [0.3, 0.4) is 0 Å². The van der Waals surface area contributed by atoms with Crippen molar-refractivity contribution < 1.29 is 24.2 Å². The van der Waals surface area contributed by atoms with Crippen molar-refractivity contribution in [1.82, 2.24) is 10.6 Å². The summed E-state index contributed by atoms with van der Waals surface area (Å²) < 4.78 is 5.48. The van der Waals surface area contributed by atoms with Gasteiger partial charge in [0.25, 0.3) is 0 Å². The van der Waals surface area contributed by atoms with Crippen molar-refractivity contribution in [2.45, 2.75) is 26.2 Å². The number of amides is 2. The Bertz CT molecular complexity index is 985. The molecule has 2 aromatic rings. The lowest BCUT2D eigenvalue weighted by Gasteiger charge is -2.15. The molecule has 3 rings (SSSR count). The summed E-state index contributed by atoms with van der Waals surface area (Å²) in [6.45, 7) is 3.92. The van der Waals surface area contributed by atoms with Gasteiger partial charge in [-0.25, -0.2) is 9.59 Å². The molecular weight excluding hydrogens is 408 g/mol. The molecule has 3 N–H and O–H groups in total. The molecule has 0 radical (unpaired) electrons. The Kier molecular flexibility index (Phi) is 7.65. The Morgan fingerprint density at radius 2 is 1.62 bits per heavy atom. The quantitative estimate of drug-likeness (QED) is 0.520. The number of fused-ring (bicyclic) bond motifs is 3. The van der Waals surface area contributed by atoms with Gasteiger partial charge in [0.15, 0.2) is 0 Å². The Balaban J connectivity index is 1.43. The Morgan fingerprint density at radius 3 is 2.22 bits per heavy atom. The molecule has 0 spiro atoms. The van der Waals surface area contributed by atoms with Crippen molar-refractivity contribution in [2.24, 2.45) is 5.92 Å². The SMILES string of the molecule is C/C(=C\CNC(=O)C(C)CCNC(=O)OCC1c2ccccc2-c2ccccc21)C(=O)O. The molecule has 0 saturated heterocycles. The summed E-state index contributed by atoms with van der Waals surface area (Å²) in [5, 5.41) is 14.2. The summed E-state index contributed by atoms with van der Waals surface area (Å²) in [6.07, 6.45) is 1.37. The number of alkyl carbamates (subject to hydrolysis) is 1. The van der Waals surface area contributed by atoms with Gasteiger partial charge in [-0.15, -0.1) is 0 Å². The molecule has 0 aromatic heterocycles. The van der Waals surface area contributed by atoms with Crippen LogP contribution in [0.15, 0.2) is 60.2 Å². The van der Waals surface area contributed by atoms with Crippen LogP contribution in [-0.4, -0.2) is 42.8 Å². The number of carboxylic acids is 1. The topological polar surface area (TPSA) is 105 Å². The molecule has 1 aliphatic carbocycles. The molecule has 7 heteroatoms. The summed E-state index contributed by atoms with van der Waals surface area (Å²) in [7, 11) is 0. The highest BCUT2D eigenvalue weighted by Gasteiger charge is 2.29. The van der Waals surface area contributed by atoms with Gasteiger partial charge in [0, 0.05) is 30.5 Å². The van der Waals surface area contributed by atoms with E-state index in [-0.39, 0.29) is 36.5 Å². The van der Waals surface area contributed by atoms with Crippen molar-refractivity contribution >= 4 is 18.0 Å². The van der Waals surface area contributed by atoms with Crippen molar-refractivity contribution in [3.05, 3.63) is 71.3 Å². The summed E-state index contributed by atoms with van der Waals surface area (Å²) in [6, 6.07) is 16.3. The van der Waals surface area contributed by atoms with E-state index in [0.717, 1.165) is 11.1 Å². The van der Waals surface area contributed by atoms with Crippen LogP contribution in [0, 0.1) is 5.92 Å². The van der Waals surface area contributed by atoms with E-state index in [1.807, 2.05) is 24.3 Å². The zero-order chi connectivity index (χ0) is 23.1. The smallest absolute Gasteiger partial charge is 0.407 e. The van der Waals surface area contributed by atoms with E-state index >= 15 is 0 Å². The van der Waals surface area contributed by atoms with Gasteiger partial charge in [0.2, 0.25) is 5.91 Å². The number of benzene rings is 2. The molecule has 1 atom stereocenters. The van der Waals surface area contributed by atoms with Gasteiger partial charge in [0.05, 0.1) is 0 Å². The first-order valence-electron chi connectivity index (χ1n) is 10.6. The second-order valence-corrected chi connectivity index (χ2v) is 7.88. The Hall–Kier alpha value is -3.61. The van der Waals surface area contributed by atoms with Crippen LogP contribution in [0.4, 0.5) is 4.79 Å². The number of carbonyl (C=O) groups excluding carboxylic acids is 2. The third kappa shape index (κ3) is 5.55. The van der Waals surface area contributed by atoms with E-state index in [9.17, 15) is 14.4 Å². The molecule has 0 saturated carbocycles. The number of nitrogens with one attached hydrogen (secondary N) is 2. The fraction of sp³-hybridized carbons (Fsp3) is 0.320. The first-order chi connectivity index (χ1) is 15.4. The molecule has 0 bridgehead atoms. The first kappa shape index (κ1) is 23.1. The third-order valence-electron chi connectivity index (χ3n) is 5.66. The van der Waals surface area contributed by atoms with E-state index < -0.39 is 12.1 Å². The normalized spacial score (nSPS) is 13.6. The lowest BCUT2D eigenvalue weighted by atomic mass is 9.98. The highest BCUT2D eigenvalue weighted by molar-refractivity contribution is 5.86. The van der Waals surface area contributed by atoms with Gasteiger partial charge in [-0.1, -0.05) is 61.5 Å². The van der Waals surface area contributed by atoms with E-state index in [1.165, 1.54) is 24.1 Å². The van der Waals surface area contributed by atoms with Gasteiger partial charge in [-0.2, -0.15) is 0 Å². The molecule has 168 valence electrons. The summed E-state index contributed by atoms with van der Waals surface area (Å²) in [5.41, 5.74) is 4.82. The number of hydrogen-bond acceptors (Lipinski definition) is 4. The fourth-order valence-electron chi connectivity index (χ4n) is 3.74. The molecule has 0 fully saturated rings. The van der Waals surface area contributed by atoms with Crippen molar-refractivity contribution in [3.63, 3.8) is 0 Å². The predicted molar refractivity (Wildman–Crippen MR) is 121 cm³/mol. The third-order valence-corrected chi connectivity index (χ3v) is 5.66. The van der Waals surface area contributed by atoms with E-state index in [2.05, 4.69) is 34.9 Å². The van der Waals surface area contributed by atoms with Crippen LogP contribution < -0.4 is 10.6 Å². The summed E-state index contributed by atoms with van der Waals surface area (Å²) in [5.74, 6) is -1.55. The zero-order valence-electron chi connectivity index (χ0n) is 18.3. The highest BCUT2D eigenvalue weighted by atomic mass is 16.5. The van der Waals surface area contributed by atoms with Crippen LogP contribution in [0.5, 0.6) is 0 Å². The zero-order valence-corrected chi connectivity index (χ0v) is 18.3. The fourth-order valence-corrected chi connectivity index (χ4v) is 3.74. The molecule has 0 heterocycles. The minimum absolute atomic E-state index is 0.000153. The molecule has 1 unspecified atom stereocenters. The van der Waals surface area contributed by atoms with E-state index in [1.54, 1.807) is 6.92 Å². The number of ether oxygens (including phenoxy) is 1. The van der Waals surface area contributed by atoms with Gasteiger partial charge in [-0.05, 0) is 35.6 Å². The first-order valence-corrected chi connectivity index (χ1v) is 10.6. The monoisotopic (exact) mass is 436 g/mol. The van der Waals surface area contributed by atoms with E-state index in [0.29, 0.717) is 13.0 Å². The average Bonchev–Trinajstić information content (AvgIpc) is 3.11. The lowest BCUT2D eigenvalue weighted by molar-refractivity contribution is -0.132. The standard InChI is InChI=1S/C25H28N2O5/c1-16(23(28)26-13-12-17(2)24(29)30)11-14-27-25(31)32-15-22-20-9-5-3-7-18(20)19-8-4-6-10-21(19)22/h3-10,12,16,22H,11,13-15H2,1-2H3,(H,26,28)(H,27,31)(H,29,30)/b17-12+. The van der Waals surface area contributed by atoms with Gasteiger partial charge < -0.3 is 20.5 Å². The van der Waals surface area contributed by atoms with Crippen molar-refractivity contribution in [3.8, 4) is 11.1 Å². The molecular formula is C25H28N2O5. The van der Waals surface area contributed by atoms with Gasteiger partial charge in [0.1, 0.15) is 6.61 Å². The van der Waals surface area contributed by atoms with Crippen LogP contribution in [0.1, 0.15) is 37.3 Å². The number of aliphatic carboxylic acids is 1. The summed E-state index contributed by atoms with van der Waals surface area (Å²) >= 11 is 0. The minimum atomic E-state index is -1.01. The molecule has 0 aliphatic heterocycles. The Labute approximate surface area is 187 Å². The molecule has 1 aliphatic rings. The van der Waals surface area contributed by atoms with Crippen LogP contribution in [0.2, 0.25) is 0 Å². The van der Waals surface area contributed by atoms with Crippen LogP contribution >= 0.6 is 0 Å². The maximum absolute atomic E-state index is 12.2. The second-order valence-electron chi connectivity index (χ2n) is 7.88. The molecule has 2 aromatic carbocycles. The second kappa shape index (κ2) is 10.6. The van der Waals surface area contributed by atoms with Crippen LogP contribution in [-0.2, 0) is 14.3 Å². The average molecular weight is 437 g/mol. The number of rotatable bonds is 9. The number of carboxylic acid groups (broad SMARTS) is 1. The maximum atomic E-state index is 12.2. The van der Waals surface area contributed by atoms with Crippen molar-refractivity contribution in [2.75, 3.05) is 19.7 Å². The number of carbonyl (C=O) groups is 3. The largest absolute Gasteiger partial charge is 0.478 e. The lowest BCUT2D eigenvalue weighted by Crippen LogP contribution is -2.33. The molecule has 7 nitrogen and oxygen atoms in total. The van der Waals surface area contributed by atoms with Gasteiger partial charge >= 0.3 is 12.1 Å².